The molecule has 0 radical (unpaired) electrons. The van der Waals surface area contributed by atoms with Crippen molar-refractivity contribution < 1.29 is 0 Å². The molecule has 0 saturated carbocycles. The Morgan fingerprint density at radius 1 is 1.42 bits per heavy atom. The summed E-state index contributed by atoms with van der Waals surface area (Å²) in [4.78, 5) is 0. The molecule has 0 amide bonds. The summed E-state index contributed by atoms with van der Waals surface area (Å²) < 4.78 is -0.0240. The molecule has 1 aliphatic rings. The molecule has 0 bridgehead atoms. The fourth-order valence-electron chi connectivity index (χ4n) is 1.68. The molecule has 0 aromatic carbocycles. The van der Waals surface area contributed by atoms with Gasteiger partial charge in [-0.2, -0.15) is 0 Å². The Morgan fingerprint density at radius 2 is 2.25 bits per heavy atom. The molecule has 1 rings (SSSR count). The van der Waals surface area contributed by atoms with Crippen molar-refractivity contribution in [2.45, 2.75) is 36.2 Å². The normalized spacial score (nSPS) is 24.4. The molecular formula is C9H16Cl2Si. The van der Waals surface area contributed by atoms with E-state index in [4.69, 9.17) is 23.2 Å². The van der Waals surface area contributed by atoms with Gasteiger partial charge in [0.1, 0.15) is 0 Å². The van der Waals surface area contributed by atoms with Crippen LogP contribution in [0.4, 0.5) is 0 Å². The number of halogens is 2. The Labute approximate surface area is 87.1 Å². The minimum atomic E-state index is -0.192. The average molecular weight is 223 g/mol. The molecule has 0 fully saturated rings. The minimum Gasteiger partial charge on any atom is -0.110 e. The van der Waals surface area contributed by atoms with Crippen LogP contribution in [0.25, 0.3) is 0 Å². The second-order valence-electron chi connectivity index (χ2n) is 3.47. The SMILES string of the molecule is ClC(Cl)[SiH2]CCC1CC=CCC1. The van der Waals surface area contributed by atoms with Crippen molar-refractivity contribution in [3.8, 4) is 0 Å². The Balaban J connectivity index is 2.03. The zero-order chi connectivity index (χ0) is 8.81. The lowest BCUT2D eigenvalue weighted by Gasteiger charge is -2.16. The van der Waals surface area contributed by atoms with E-state index in [0.717, 1.165) is 5.92 Å². The summed E-state index contributed by atoms with van der Waals surface area (Å²) in [7, 11) is -0.192. The van der Waals surface area contributed by atoms with Crippen molar-refractivity contribution in [2.24, 2.45) is 5.92 Å². The predicted molar refractivity (Wildman–Crippen MR) is 59.9 cm³/mol. The van der Waals surface area contributed by atoms with Crippen LogP contribution in [0.3, 0.4) is 0 Å². The Morgan fingerprint density at radius 3 is 2.83 bits per heavy atom. The largest absolute Gasteiger partial charge is 0.110 e. The van der Waals surface area contributed by atoms with Crippen LogP contribution in [0.1, 0.15) is 25.7 Å². The van der Waals surface area contributed by atoms with Crippen LogP contribution in [0, 0.1) is 5.92 Å². The lowest BCUT2D eigenvalue weighted by molar-refractivity contribution is 0.464. The van der Waals surface area contributed by atoms with Crippen molar-refractivity contribution in [3.05, 3.63) is 12.2 Å². The first-order chi connectivity index (χ1) is 5.79. The molecule has 0 nitrogen and oxygen atoms in total. The maximum atomic E-state index is 5.71. The molecule has 0 aromatic heterocycles. The maximum absolute atomic E-state index is 5.71. The predicted octanol–water partition coefficient (Wildman–Crippen LogP) is 3.08. The first-order valence-corrected chi connectivity index (χ1v) is 7.41. The first-order valence-electron chi connectivity index (χ1n) is 4.72. The number of hydrogen-bond acceptors (Lipinski definition) is 0. The van der Waals surface area contributed by atoms with Gasteiger partial charge in [-0.05, 0) is 25.2 Å². The van der Waals surface area contributed by atoms with Gasteiger partial charge in [-0.15, -0.1) is 23.2 Å². The first kappa shape index (κ1) is 10.6. The molecule has 1 aliphatic carbocycles. The van der Waals surface area contributed by atoms with Gasteiger partial charge >= 0.3 is 0 Å². The topological polar surface area (TPSA) is 0 Å². The quantitative estimate of drug-likeness (QED) is 0.390. The van der Waals surface area contributed by atoms with Crippen LogP contribution in [0.15, 0.2) is 12.2 Å². The second kappa shape index (κ2) is 6.06. The van der Waals surface area contributed by atoms with Crippen molar-refractivity contribution >= 4 is 32.7 Å². The van der Waals surface area contributed by atoms with E-state index in [1.54, 1.807) is 0 Å². The van der Waals surface area contributed by atoms with Gasteiger partial charge < -0.3 is 0 Å². The van der Waals surface area contributed by atoms with Crippen LogP contribution in [0.5, 0.6) is 0 Å². The third-order valence-electron chi connectivity index (χ3n) is 2.41. The van der Waals surface area contributed by atoms with E-state index in [2.05, 4.69) is 12.2 Å². The van der Waals surface area contributed by atoms with Crippen LogP contribution >= 0.6 is 23.2 Å². The summed E-state index contributed by atoms with van der Waals surface area (Å²) in [6.45, 7) is 0. The summed E-state index contributed by atoms with van der Waals surface area (Å²) in [6.07, 6.45) is 9.89. The molecule has 1 atom stereocenters. The highest BCUT2D eigenvalue weighted by Gasteiger charge is 2.10. The summed E-state index contributed by atoms with van der Waals surface area (Å²) in [5.41, 5.74) is 0. The molecule has 12 heavy (non-hydrogen) atoms. The van der Waals surface area contributed by atoms with E-state index < -0.39 is 0 Å². The monoisotopic (exact) mass is 222 g/mol. The molecule has 0 heterocycles. The molecule has 0 spiro atoms. The molecule has 3 heteroatoms. The van der Waals surface area contributed by atoms with Gasteiger partial charge in [0.25, 0.3) is 0 Å². The number of allylic oxidation sites excluding steroid dienone is 2. The van der Waals surface area contributed by atoms with E-state index in [9.17, 15) is 0 Å². The zero-order valence-electron chi connectivity index (χ0n) is 7.31. The fraction of sp³-hybridized carbons (Fsp3) is 0.778. The Hall–Kier alpha value is 0.537. The summed E-state index contributed by atoms with van der Waals surface area (Å²) >= 11 is 11.4. The maximum Gasteiger partial charge on any atom is 0.0908 e. The highest BCUT2D eigenvalue weighted by Crippen LogP contribution is 2.23. The molecule has 1 unspecified atom stereocenters. The third kappa shape index (κ3) is 4.54. The summed E-state index contributed by atoms with van der Waals surface area (Å²) in [5, 5.41) is 0. The van der Waals surface area contributed by atoms with E-state index in [-0.39, 0.29) is 14.0 Å². The van der Waals surface area contributed by atoms with E-state index in [1.807, 2.05) is 0 Å². The average Bonchev–Trinajstić information content (AvgIpc) is 2.05. The molecule has 0 saturated heterocycles. The van der Waals surface area contributed by atoms with Gasteiger partial charge in [0.2, 0.25) is 0 Å². The molecular weight excluding hydrogens is 207 g/mol. The van der Waals surface area contributed by atoms with Crippen molar-refractivity contribution in [2.75, 3.05) is 0 Å². The van der Waals surface area contributed by atoms with Crippen molar-refractivity contribution in [1.82, 2.24) is 0 Å². The van der Waals surface area contributed by atoms with Gasteiger partial charge in [0.05, 0.1) is 14.0 Å². The zero-order valence-corrected chi connectivity index (χ0v) is 10.2. The van der Waals surface area contributed by atoms with Crippen LogP contribution < -0.4 is 0 Å². The van der Waals surface area contributed by atoms with Gasteiger partial charge in [-0.3, -0.25) is 0 Å². The van der Waals surface area contributed by atoms with E-state index >= 15 is 0 Å². The van der Waals surface area contributed by atoms with E-state index in [0.29, 0.717) is 0 Å². The number of rotatable bonds is 4. The molecule has 70 valence electrons. The number of alkyl halides is 2. The standard InChI is InChI=1S/C9H16Cl2Si/c10-9(11)12-7-6-8-4-2-1-3-5-8/h1-2,8-9H,3-7,12H2. The second-order valence-corrected chi connectivity index (χ2v) is 7.89. The van der Waals surface area contributed by atoms with Crippen LogP contribution in [-0.2, 0) is 0 Å². The highest BCUT2D eigenvalue weighted by atomic mass is 35.5. The van der Waals surface area contributed by atoms with Crippen molar-refractivity contribution in [3.63, 3.8) is 0 Å². The Kier molecular flexibility index (Phi) is 5.36. The third-order valence-corrected chi connectivity index (χ3v) is 4.97. The molecule has 0 aromatic rings. The fourth-order valence-corrected chi connectivity index (χ4v) is 3.73. The van der Waals surface area contributed by atoms with Crippen LogP contribution in [-0.4, -0.2) is 14.0 Å². The summed E-state index contributed by atoms with van der Waals surface area (Å²) in [5.74, 6) is 0.926. The number of hydrogen-bond donors (Lipinski definition) is 0. The lowest BCUT2D eigenvalue weighted by Crippen LogP contribution is -2.07. The van der Waals surface area contributed by atoms with Gasteiger partial charge in [0, 0.05) is 0 Å². The summed E-state index contributed by atoms with van der Waals surface area (Å²) in [6, 6.07) is 1.32. The van der Waals surface area contributed by atoms with E-state index in [1.165, 1.54) is 31.7 Å². The van der Waals surface area contributed by atoms with Gasteiger partial charge in [-0.1, -0.05) is 24.6 Å². The lowest BCUT2D eigenvalue weighted by atomic mass is 9.92. The van der Waals surface area contributed by atoms with Gasteiger partial charge in [-0.25, -0.2) is 0 Å². The minimum absolute atomic E-state index is 0.0240. The molecule has 0 N–H and O–H groups in total. The highest BCUT2D eigenvalue weighted by molar-refractivity contribution is 6.68. The smallest absolute Gasteiger partial charge is 0.0908 e. The Bertz CT molecular complexity index is 145. The molecule has 0 aliphatic heterocycles. The van der Waals surface area contributed by atoms with Crippen LogP contribution in [0.2, 0.25) is 6.04 Å². The van der Waals surface area contributed by atoms with Gasteiger partial charge in [0.15, 0.2) is 0 Å². The van der Waals surface area contributed by atoms with Crippen molar-refractivity contribution in [1.29, 1.82) is 0 Å².